The molecule has 24 heavy (non-hydrogen) atoms. The normalized spacial score (nSPS) is 11.2. The average molecular weight is 321 g/mol. The molecule has 124 valence electrons. The summed E-state index contributed by atoms with van der Waals surface area (Å²) in [6, 6.07) is 16.3. The van der Waals surface area contributed by atoms with Crippen molar-refractivity contribution in [2.24, 2.45) is 7.05 Å². The Labute approximate surface area is 142 Å². The van der Waals surface area contributed by atoms with E-state index in [1.165, 1.54) is 5.56 Å². The summed E-state index contributed by atoms with van der Waals surface area (Å²) in [7, 11) is 6.07. The number of benzene rings is 2. The van der Waals surface area contributed by atoms with Crippen LogP contribution >= 0.6 is 0 Å². The van der Waals surface area contributed by atoms with Crippen molar-refractivity contribution in [3.63, 3.8) is 0 Å². The van der Waals surface area contributed by atoms with Gasteiger partial charge in [0.15, 0.2) is 0 Å². The van der Waals surface area contributed by atoms with Crippen LogP contribution in [0.5, 0.6) is 0 Å². The van der Waals surface area contributed by atoms with Crippen molar-refractivity contribution >= 4 is 16.8 Å². The van der Waals surface area contributed by atoms with Gasteiger partial charge in [-0.2, -0.15) is 0 Å². The fraction of sp³-hybridized carbons (Fsp3) is 0.250. The molecular formula is C20H23N3O. The lowest BCUT2D eigenvalue weighted by molar-refractivity contribution is 0.0952. The van der Waals surface area contributed by atoms with Crippen LogP contribution < -0.4 is 5.32 Å². The maximum atomic E-state index is 12.5. The van der Waals surface area contributed by atoms with E-state index >= 15 is 0 Å². The van der Waals surface area contributed by atoms with Crippen LogP contribution in [0.2, 0.25) is 0 Å². The Kier molecular flexibility index (Phi) is 4.67. The maximum absolute atomic E-state index is 12.5. The molecule has 1 amide bonds. The topological polar surface area (TPSA) is 37.3 Å². The van der Waals surface area contributed by atoms with E-state index in [2.05, 4.69) is 48.6 Å². The molecule has 3 rings (SSSR count). The van der Waals surface area contributed by atoms with Gasteiger partial charge in [-0.15, -0.1) is 0 Å². The Hall–Kier alpha value is -2.59. The quantitative estimate of drug-likeness (QED) is 0.784. The van der Waals surface area contributed by atoms with Crippen molar-refractivity contribution in [1.29, 1.82) is 0 Å². The first-order valence-corrected chi connectivity index (χ1v) is 8.09. The Morgan fingerprint density at radius 2 is 1.71 bits per heavy atom. The second kappa shape index (κ2) is 6.89. The molecule has 0 aliphatic heterocycles. The molecule has 1 heterocycles. The summed E-state index contributed by atoms with van der Waals surface area (Å²) in [6.07, 6.45) is 1.89. The van der Waals surface area contributed by atoms with Crippen molar-refractivity contribution in [3.8, 4) is 0 Å². The minimum absolute atomic E-state index is 0.0378. The minimum Gasteiger partial charge on any atom is -0.350 e. The summed E-state index contributed by atoms with van der Waals surface area (Å²) in [4.78, 5) is 14.7. The molecule has 4 nitrogen and oxygen atoms in total. The van der Waals surface area contributed by atoms with E-state index in [-0.39, 0.29) is 5.91 Å². The maximum Gasteiger partial charge on any atom is 0.253 e. The van der Waals surface area contributed by atoms with Gasteiger partial charge in [0, 0.05) is 37.2 Å². The monoisotopic (exact) mass is 321 g/mol. The van der Waals surface area contributed by atoms with Crippen molar-refractivity contribution in [2.45, 2.75) is 13.1 Å². The molecule has 0 aliphatic carbocycles. The highest BCUT2D eigenvalue weighted by Gasteiger charge is 2.13. The summed E-state index contributed by atoms with van der Waals surface area (Å²) in [5, 5.41) is 4.00. The lowest BCUT2D eigenvalue weighted by Gasteiger charge is -2.10. The molecule has 0 atom stereocenters. The van der Waals surface area contributed by atoms with Crippen LogP contribution in [0.3, 0.4) is 0 Å². The smallest absolute Gasteiger partial charge is 0.253 e. The van der Waals surface area contributed by atoms with Gasteiger partial charge in [0.2, 0.25) is 0 Å². The van der Waals surface area contributed by atoms with Crippen LogP contribution in [0.15, 0.2) is 54.7 Å². The van der Waals surface area contributed by atoms with E-state index in [4.69, 9.17) is 0 Å². The second-order valence-corrected chi connectivity index (χ2v) is 6.41. The predicted octanol–water partition coefficient (Wildman–Crippen LogP) is 3.17. The number of aromatic nitrogens is 1. The summed E-state index contributed by atoms with van der Waals surface area (Å²) in [6.45, 7) is 1.45. The van der Waals surface area contributed by atoms with Crippen LogP contribution in [-0.2, 0) is 20.1 Å². The third kappa shape index (κ3) is 3.49. The number of amides is 1. The fourth-order valence-corrected chi connectivity index (χ4v) is 2.93. The molecule has 0 fully saturated rings. The summed E-state index contributed by atoms with van der Waals surface area (Å²) < 4.78 is 1.99. The van der Waals surface area contributed by atoms with Crippen molar-refractivity contribution in [2.75, 3.05) is 14.1 Å². The van der Waals surface area contributed by atoms with Crippen LogP contribution in [-0.4, -0.2) is 29.5 Å². The number of nitrogens with zero attached hydrogens (tertiary/aromatic N) is 2. The van der Waals surface area contributed by atoms with Crippen LogP contribution in [0, 0.1) is 0 Å². The Balaban J connectivity index is 1.69. The minimum atomic E-state index is -0.0378. The summed E-state index contributed by atoms with van der Waals surface area (Å²) >= 11 is 0. The third-order valence-corrected chi connectivity index (χ3v) is 4.12. The van der Waals surface area contributed by atoms with Gasteiger partial charge in [-0.05, 0) is 31.3 Å². The molecule has 1 N–H and O–H groups in total. The lowest BCUT2D eigenvalue weighted by atomic mass is 10.1. The predicted molar refractivity (Wildman–Crippen MR) is 97.9 cm³/mol. The third-order valence-electron chi connectivity index (χ3n) is 4.12. The SMILES string of the molecule is CN(C)Cc1ccc(CNC(=O)c2cn(C)c3ccccc23)cc1. The highest BCUT2D eigenvalue weighted by Crippen LogP contribution is 2.20. The standard InChI is InChI=1S/C20H23N3O/c1-22(2)13-16-10-8-15(9-11-16)12-21-20(24)18-14-23(3)19-7-5-4-6-17(18)19/h4-11,14H,12-13H2,1-3H3,(H,21,24). The van der Waals surface area contributed by atoms with Gasteiger partial charge in [-0.3, -0.25) is 4.79 Å². The number of rotatable bonds is 5. The zero-order valence-electron chi connectivity index (χ0n) is 14.4. The van der Waals surface area contributed by atoms with E-state index in [9.17, 15) is 4.79 Å². The van der Waals surface area contributed by atoms with Gasteiger partial charge in [0.1, 0.15) is 0 Å². The molecule has 2 aromatic carbocycles. The average Bonchev–Trinajstić information content (AvgIpc) is 2.91. The van der Waals surface area contributed by atoms with E-state index in [0.717, 1.165) is 28.6 Å². The first-order valence-electron chi connectivity index (χ1n) is 8.09. The molecule has 3 aromatic rings. The van der Waals surface area contributed by atoms with Gasteiger partial charge < -0.3 is 14.8 Å². The van der Waals surface area contributed by atoms with Gasteiger partial charge in [-0.1, -0.05) is 42.5 Å². The second-order valence-electron chi connectivity index (χ2n) is 6.41. The van der Waals surface area contributed by atoms with Gasteiger partial charge >= 0.3 is 0 Å². The molecule has 0 spiro atoms. The number of carbonyl (C=O) groups is 1. The van der Waals surface area contributed by atoms with E-state index in [1.807, 2.05) is 42.1 Å². The number of hydrogen-bond donors (Lipinski definition) is 1. The lowest BCUT2D eigenvalue weighted by Crippen LogP contribution is -2.22. The van der Waals surface area contributed by atoms with Crippen LogP contribution in [0.1, 0.15) is 21.5 Å². The fourth-order valence-electron chi connectivity index (χ4n) is 2.93. The molecule has 0 radical (unpaired) electrons. The molecule has 0 unspecified atom stereocenters. The Morgan fingerprint density at radius 1 is 1.04 bits per heavy atom. The molecule has 0 saturated carbocycles. The number of aryl methyl sites for hydroxylation is 1. The first kappa shape index (κ1) is 16.3. The molecule has 1 aromatic heterocycles. The van der Waals surface area contributed by atoms with Crippen molar-refractivity contribution < 1.29 is 4.79 Å². The van der Waals surface area contributed by atoms with Gasteiger partial charge in [-0.25, -0.2) is 0 Å². The number of nitrogens with one attached hydrogen (secondary N) is 1. The molecule has 0 bridgehead atoms. The highest BCUT2D eigenvalue weighted by atomic mass is 16.1. The van der Waals surface area contributed by atoms with Gasteiger partial charge in [0.05, 0.1) is 5.56 Å². The van der Waals surface area contributed by atoms with Crippen LogP contribution in [0.25, 0.3) is 10.9 Å². The molecule has 0 saturated heterocycles. The highest BCUT2D eigenvalue weighted by molar-refractivity contribution is 6.06. The first-order chi connectivity index (χ1) is 11.5. The van der Waals surface area contributed by atoms with E-state index in [1.54, 1.807) is 0 Å². The largest absolute Gasteiger partial charge is 0.350 e. The Morgan fingerprint density at radius 3 is 2.42 bits per heavy atom. The zero-order chi connectivity index (χ0) is 17.1. The molecular weight excluding hydrogens is 298 g/mol. The van der Waals surface area contributed by atoms with Crippen LogP contribution in [0.4, 0.5) is 0 Å². The zero-order valence-corrected chi connectivity index (χ0v) is 14.4. The summed E-state index contributed by atoms with van der Waals surface area (Å²) in [5.41, 5.74) is 4.16. The molecule has 4 heteroatoms. The van der Waals surface area contributed by atoms with Gasteiger partial charge in [0.25, 0.3) is 5.91 Å². The number of para-hydroxylation sites is 1. The Bertz CT molecular complexity index is 847. The van der Waals surface area contributed by atoms with E-state index in [0.29, 0.717) is 6.54 Å². The molecule has 0 aliphatic rings. The van der Waals surface area contributed by atoms with Crippen molar-refractivity contribution in [3.05, 3.63) is 71.4 Å². The van der Waals surface area contributed by atoms with Crippen molar-refractivity contribution in [1.82, 2.24) is 14.8 Å². The number of carbonyl (C=O) groups excluding carboxylic acids is 1. The number of hydrogen-bond acceptors (Lipinski definition) is 2. The van der Waals surface area contributed by atoms with E-state index < -0.39 is 0 Å². The number of fused-ring (bicyclic) bond motifs is 1. The summed E-state index contributed by atoms with van der Waals surface area (Å²) in [5.74, 6) is -0.0378.